The second kappa shape index (κ2) is 11.5. The van der Waals surface area contributed by atoms with E-state index in [2.05, 4.69) is 146 Å². The zero-order valence-corrected chi connectivity index (χ0v) is 31.2. The summed E-state index contributed by atoms with van der Waals surface area (Å²) in [6, 6.07) is 24.1. The lowest BCUT2D eigenvalue weighted by atomic mass is 9.78. The van der Waals surface area contributed by atoms with E-state index in [1.165, 1.54) is 20.3 Å². The molecule has 48 heavy (non-hydrogen) atoms. The smallest absolute Gasteiger partial charge is 0.192 e. The molecule has 0 saturated carbocycles. The van der Waals surface area contributed by atoms with E-state index in [1.54, 1.807) is 0 Å². The lowest BCUT2D eigenvalue weighted by molar-refractivity contribution is -0.117. The van der Waals surface area contributed by atoms with Crippen LogP contribution < -0.4 is 16.0 Å². The highest BCUT2D eigenvalue weighted by Crippen LogP contribution is 2.39. The standard InChI is InChI=1S/C42H43IN4O/c1-40(2,3)26-19-25(20-27(21-26)41(4,5)6)38-32-16-14-30(45-32)23-36-42(7,8)39(48)35(47-36)22-29-13-15-31(44-29)37(33-17-18-34(38)46-33)24-9-11-28(43)12-10-24/h9-17,19-23,44-46H,18H2,1-8H3/b29-22-,36-23-,37-31-,38-34-. The van der Waals surface area contributed by atoms with Gasteiger partial charge in [-0.25, -0.2) is 4.99 Å². The monoisotopic (exact) mass is 746 g/mol. The van der Waals surface area contributed by atoms with E-state index in [0.29, 0.717) is 5.71 Å². The highest BCUT2D eigenvalue weighted by molar-refractivity contribution is 14.1. The van der Waals surface area contributed by atoms with Crippen LogP contribution in [0.15, 0.2) is 94.9 Å². The number of aliphatic imine (C=N–C) groups is 1. The van der Waals surface area contributed by atoms with Crippen LogP contribution in [0.3, 0.4) is 0 Å². The number of nitrogens with zero attached hydrogens (tertiary/aromatic N) is 1. The van der Waals surface area contributed by atoms with Crippen molar-refractivity contribution in [1.29, 1.82) is 0 Å². The van der Waals surface area contributed by atoms with E-state index >= 15 is 0 Å². The molecule has 0 amide bonds. The Morgan fingerprint density at radius 2 is 1.46 bits per heavy atom. The lowest BCUT2D eigenvalue weighted by Gasteiger charge is -2.27. The molecule has 5 nitrogen and oxygen atoms in total. The fourth-order valence-corrected chi connectivity index (χ4v) is 7.01. The minimum Gasteiger partial charge on any atom is -0.358 e. The van der Waals surface area contributed by atoms with Crippen LogP contribution in [-0.4, -0.2) is 21.5 Å². The Hall–Kier alpha value is -4.17. The minimum atomic E-state index is -0.742. The molecule has 244 valence electrons. The van der Waals surface area contributed by atoms with E-state index in [4.69, 9.17) is 4.99 Å². The molecule has 3 N–H and O–H groups in total. The van der Waals surface area contributed by atoms with Gasteiger partial charge in [0.25, 0.3) is 0 Å². The third-order valence-corrected chi connectivity index (χ3v) is 10.4. The van der Waals surface area contributed by atoms with Crippen LogP contribution in [0.25, 0.3) is 23.3 Å². The summed E-state index contributed by atoms with van der Waals surface area (Å²) in [5, 5.41) is 5.73. The first-order chi connectivity index (χ1) is 22.6. The highest BCUT2D eigenvalue weighted by atomic mass is 127. The van der Waals surface area contributed by atoms with Gasteiger partial charge in [-0.15, -0.1) is 0 Å². The van der Waals surface area contributed by atoms with Crippen molar-refractivity contribution >= 4 is 57.4 Å². The Morgan fingerprint density at radius 3 is 2.12 bits per heavy atom. The van der Waals surface area contributed by atoms with Crippen LogP contribution >= 0.6 is 22.6 Å². The van der Waals surface area contributed by atoms with E-state index in [1.807, 2.05) is 32.1 Å². The fourth-order valence-electron chi connectivity index (χ4n) is 6.65. The molecular weight excluding hydrogens is 703 g/mol. The van der Waals surface area contributed by atoms with E-state index < -0.39 is 5.41 Å². The Bertz CT molecular complexity index is 2200. The van der Waals surface area contributed by atoms with Crippen molar-refractivity contribution in [1.82, 2.24) is 15.3 Å². The predicted molar refractivity (Wildman–Crippen MR) is 207 cm³/mol. The Labute approximate surface area is 296 Å². The first kappa shape index (κ1) is 32.4. The van der Waals surface area contributed by atoms with E-state index in [0.717, 1.165) is 62.3 Å². The van der Waals surface area contributed by atoms with Crippen molar-refractivity contribution < 1.29 is 4.79 Å². The zero-order chi connectivity index (χ0) is 34.2. The summed E-state index contributed by atoms with van der Waals surface area (Å²) in [7, 11) is 0. The van der Waals surface area contributed by atoms with Gasteiger partial charge in [0.1, 0.15) is 5.71 Å². The van der Waals surface area contributed by atoms with E-state index in [9.17, 15) is 4.79 Å². The van der Waals surface area contributed by atoms with E-state index in [-0.39, 0.29) is 16.6 Å². The van der Waals surface area contributed by atoms with Gasteiger partial charge in [-0.2, -0.15) is 0 Å². The molecule has 4 aromatic rings. The second-order valence-corrected chi connectivity index (χ2v) is 17.0. The van der Waals surface area contributed by atoms with Gasteiger partial charge in [0.2, 0.25) is 0 Å². The molecule has 0 unspecified atom stereocenters. The minimum absolute atomic E-state index is 0.0165. The van der Waals surface area contributed by atoms with Gasteiger partial charge in [0.15, 0.2) is 5.78 Å². The maximum Gasteiger partial charge on any atom is 0.192 e. The number of nitrogens with one attached hydrogen (secondary N) is 3. The van der Waals surface area contributed by atoms with Crippen LogP contribution in [-0.2, 0) is 15.6 Å². The average Bonchev–Trinajstić information content (AvgIpc) is 3.81. The lowest BCUT2D eigenvalue weighted by Crippen LogP contribution is -2.26. The maximum atomic E-state index is 13.7. The molecule has 3 aliphatic rings. The Balaban J connectivity index is 1.53. The number of rotatable bonds is 2. The van der Waals surface area contributed by atoms with Gasteiger partial charge in [-0.3, -0.25) is 4.79 Å². The molecule has 0 spiro atoms. The summed E-state index contributed by atoms with van der Waals surface area (Å²) in [5.74, 6) is 0.0165. The number of hydrogen-bond donors (Lipinski definition) is 3. The molecule has 0 saturated heterocycles. The quantitative estimate of drug-likeness (QED) is 0.181. The van der Waals surface area contributed by atoms with Crippen molar-refractivity contribution in [3.8, 4) is 0 Å². The summed E-state index contributed by atoms with van der Waals surface area (Å²) in [6.07, 6.45) is 6.96. The summed E-state index contributed by atoms with van der Waals surface area (Å²) >= 11 is 2.35. The van der Waals surface area contributed by atoms with Gasteiger partial charge in [0.05, 0.1) is 11.1 Å². The van der Waals surface area contributed by atoms with Gasteiger partial charge in [0, 0.05) is 54.6 Å². The molecule has 5 heterocycles. The number of Topliss-reactive ketones (excluding diaryl/α,β-unsaturated/α-hetero) is 1. The van der Waals surface area contributed by atoms with Gasteiger partial charge in [-0.1, -0.05) is 78.0 Å². The molecule has 3 aliphatic heterocycles. The first-order valence-corrected chi connectivity index (χ1v) is 17.7. The molecule has 2 aromatic heterocycles. The summed E-state index contributed by atoms with van der Waals surface area (Å²) in [6.45, 7) is 17.6. The summed E-state index contributed by atoms with van der Waals surface area (Å²) in [4.78, 5) is 25.9. The number of hydrogen-bond acceptors (Lipinski definition) is 3. The third kappa shape index (κ3) is 5.89. The topological polar surface area (TPSA) is 73.0 Å². The highest BCUT2D eigenvalue weighted by Gasteiger charge is 2.40. The summed E-state index contributed by atoms with van der Waals surface area (Å²) < 4.78 is 1.18. The van der Waals surface area contributed by atoms with Crippen molar-refractivity contribution in [3.63, 3.8) is 0 Å². The normalized spacial score (nSPS) is 22.0. The number of fused-ring (bicyclic) bond motifs is 7. The van der Waals surface area contributed by atoms with Crippen molar-refractivity contribution in [3.05, 3.63) is 138 Å². The average molecular weight is 747 g/mol. The fraction of sp³-hybridized carbons (Fsp3) is 0.286. The third-order valence-electron chi connectivity index (χ3n) is 9.68. The number of H-pyrrole nitrogens is 2. The van der Waals surface area contributed by atoms with Crippen LogP contribution in [0.5, 0.6) is 0 Å². The molecule has 0 fully saturated rings. The van der Waals surface area contributed by atoms with Crippen LogP contribution in [0.4, 0.5) is 0 Å². The van der Waals surface area contributed by atoms with Gasteiger partial charge >= 0.3 is 0 Å². The Morgan fingerprint density at radius 1 is 0.771 bits per heavy atom. The van der Waals surface area contributed by atoms with Crippen molar-refractivity contribution in [2.45, 2.75) is 72.6 Å². The largest absolute Gasteiger partial charge is 0.358 e. The van der Waals surface area contributed by atoms with Crippen LogP contribution in [0.2, 0.25) is 0 Å². The molecule has 8 bridgehead atoms. The number of carbonyl (C=O) groups excluding carboxylic acids is 1. The number of allylic oxidation sites excluding steroid dienone is 3. The molecule has 0 radical (unpaired) electrons. The SMILES string of the molecule is CC1(C)C(=O)C2=NC/1=C\c1ccc([nH]1)/C(c1cc(C(C)(C)C)cc(C(C)(C)C)c1)=C1/CC=C(N1)/C(c1ccc(I)cc1)=c1/cc/c([nH]1)=C/2. The number of carbonyl (C=O) groups is 1. The predicted octanol–water partition coefficient (Wildman–Crippen LogP) is 8.26. The van der Waals surface area contributed by atoms with Crippen LogP contribution in [0, 0.1) is 8.99 Å². The van der Waals surface area contributed by atoms with Crippen molar-refractivity contribution in [2.75, 3.05) is 0 Å². The molecule has 0 aliphatic carbocycles. The van der Waals surface area contributed by atoms with Gasteiger partial charge < -0.3 is 15.3 Å². The number of halogens is 1. The Kier molecular flexibility index (Phi) is 7.74. The van der Waals surface area contributed by atoms with Crippen LogP contribution in [0.1, 0.15) is 95.5 Å². The number of aromatic nitrogens is 2. The van der Waals surface area contributed by atoms with Gasteiger partial charge in [-0.05, 0) is 118 Å². The number of benzene rings is 2. The van der Waals surface area contributed by atoms with Crippen molar-refractivity contribution in [2.24, 2.45) is 10.4 Å². The number of aromatic amines is 2. The first-order valence-electron chi connectivity index (χ1n) is 16.7. The second-order valence-electron chi connectivity index (χ2n) is 15.8. The molecular formula is C42H43IN4O. The number of ketones is 1. The summed E-state index contributed by atoms with van der Waals surface area (Å²) in [5.41, 5.74) is 11.7. The zero-order valence-electron chi connectivity index (χ0n) is 29.0. The molecule has 0 atom stereocenters. The molecule has 7 rings (SSSR count). The maximum absolute atomic E-state index is 13.7. The molecule has 6 heteroatoms. The molecule has 2 aromatic carbocycles.